The lowest BCUT2D eigenvalue weighted by Gasteiger charge is -2.15. The van der Waals surface area contributed by atoms with Crippen LogP contribution in [-0.4, -0.2) is 20.4 Å². The number of para-hydroxylation sites is 1. The van der Waals surface area contributed by atoms with Crippen molar-refractivity contribution in [3.05, 3.63) is 84.7 Å². The van der Waals surface area contributed by atoms with Gasteiger partial charge < -0.3 is 10.1 Å². The van der Waals surface area contributed by atoms with Gasteiger partial charge in [-0.25, -0.2) is 12.8 Å². The maximum Gasteiger partial charge on any atom is 0.265 e. The molecule has 6 nitrogen and oxygen atoms in total. The average Bonchev–Trinajstić information content (AvgIpc) is 2.71. The number of ether oxygens (including phenoxy) is 1. The third-order valence-electron chi connectivity index (χ3n) is 3.95. The van der Waals surface area contributed by atoms with Crippen molar-refractivity contribution in [1.82, 2.24) is 0 Å². The van der Waals surface area contributed by atoms with Gasteiger partial charge >= 0.3 is 0 Å². The fraction of sp³-hybridized carbons (Fsp3) is 0.0952. The Balaban J connectivity index is 1.63. The third kappa shape index (κ3) is 5.55. The van der Waals surface area contributed by atoms with Crippen LogP contribution in [0.1, 0.15) is 6.92 Å². The second-order valence-electron chi connectivity index (χ2n) is 6.20. The van der Waals surface area contributed by atoms with Crippen molar-refractivity contribution in [2.24, 2.45) is 0 Å². The van der Waals surface area contributed by atoms with E-state index in [9.17, 15) is 17.6 Å². The summed E-state index contributed by atoms with van der Waals surface area (Å²) < 4.78 is 45.7. The molecule has 3 aromatic carbocycles. The van der Waals surface area contributed by atoms with E-state index >= 15 is 0 Å². The summed E-state index contributed by atoms with van der Waals surface area (Å²) in [6, 6.07) is 19.6. The minimum Gasteiger partial charge on any atom is -0.481 e. The Morgan fingerprint density at radius 1 is 0.897 bits per heavy atom. The van der Waals surface area contributed by atoms with Gasteiger partial charge in [0.15, 0.2) is 6.10 Å². The number of amides is 1. The highest BCUT2D eigenvalue weighted by molar-refractivity contribution is 7.92. The van der Waals surface area contributed by atoms with Crippen LogP contribution in [0, 0.1) is 5.82 Å². The van der Waals surface area contributed by atoms with Crippen molar-refractivity contribution in [2.45, 2.75) is 17.9 Å². The molecule has 0 saturated heterocycles. The molecule has 0 radical (unpaired) electrons. The fourth-order valence-corrected chi connectivity index (χ4v) is 3.51. The molecule has 0 aliphatic carbocycles. The van der Waals surface area contributed by atoms with E-state index in [-0.39, 0.29) is 16.5 Å². The molecule has 0 aliphatic heterocycles. The Bertz CT molecular complexity index is 1070. The number of rotatable bonds is 7. The number of anilines is 2. The molecule has 0 bridgehead atoms. The maximum absolute atomic E-state index is 12.9. The average molecular weight is 414 g/mol. The van der Waals surface area contributed by atoms with Gasteiger partial charge in [-0.05, 0) is 67.6 Å². The zero-order chi connectivity index (χ0) is 20.9. The van der Waals surface area contributed by atoms with Gasteiger partial charge in [0.2, 0.25) is 0 Å². The van der Waals surface area contributed by atoms with Crippen LogP contribution in [0.2, 0.25) is 0 Å². The number of sulfonamides is 1. The van der Waals surface area contributed by atoms with Crippen molar-refractivity contribution >= 4 is 27.3 Å². The Morgan fingerprint density at radius 2 is 1.48 bits per heavy atom. The number of nitrogens with one attached hydrogen (secondary N) is 2. The van der Waals surface area contributed by atoms with Crippen LogP contribution < -0.4 is 14.8 Å². The quantitative estimate of drug-likeness (QED) is 0.611. The smallest absolute Gasteiger partial charge is 0.265 e. The van der Waals surface area contributed by atoms with Gasteiger partial charge in [0.25, 0.3) is 15.9 Å². The lowest BCUT2D eigenvalue weighted by atomic mass is 10.3. The molecule has 2 N–H and O–H groups in total. The molecule has 1 amide bonds. The third-order valence-corrected chi connectivity index (χ3v) is 5.35. The highest BCUT2D eigenvalue weighted by atomic mass is 32.2. The van der Waals surface area contributed by atoms with E-state index in [2.05, 4.69) is 10.0 Å². The summed E-state index contributed by atoms with van der Waals surface area (Å²) in [7, 11) is -3.84. The van der Waals surface area contributed by atoms with E-state index in [1.165, 1.54) is 36.4 Å². The van der Waals surface area contributed by atoms with E-state index < -0.39 is 21.9 Å². The number of hydrogen-bond acceptors (Lipinski definition) is 4. The van der Waals surface area contributed by atoms with Crippen molar-refractivity contribution in [3.63, 3.8) is 0 Å². The molecule has 0 aliphatic rings. The van der Waals surface area contributed by atoms with Gasteiger partial charge in [-0.3, -0.25) is 9.52 Å². The van der Waals surface area contributed by atoms with Gasteiger partial charge in [-0.1, -0.05) is 18.2 Å². The number of carbonyl (C=O) groups excluding carboxylic acids is 1. The van der Waals surface area contributed by atoms with Crippen LogP contribution in [0.3, 0.4) is 0 Å². The highest BCUT2D eigenvalue weighted by Crippen LogP contribution is 2.19. The molecule has 0 spiro atoms. The molecule has 29 heavy (non-hydrogen) atoms. The zero-order valence-electron chi connectivity index (χ0n) is 15.5. The van der Waals surface area contributed by atoms with Crippen LogP contribution in [0.5, 0.6) is 5.75 Å². The largest absolute Gasteiger partial charge is 0.481 e. The summed E-state index contributed by atoms with van der Waals surface area (Å²) in [4.78, 5) is 12.3. The topological polar surface area (TPSA) is 84.5 Å². The summed E-state index contributed by atoms with van der Waals surface area (Å²) in [6.45, 7) is 1.62. The van der Waals surface area contributed by atoms with Gasteiger partial charge in [0, 0.05) is 11.4 Å². The Labute approximate surface area is 168 Å². The van der Waals surface area contributed by atoms with E-state index in [0.717, 1.165) is 12.1 Å². The lowest BCUT2D eigenvalue weighted by molar-refractivity contribution is -0.122. The number of hydrogen-bond donors (Lipinski definition) is 2. The van der Waals surface area contributed by atoms with Gasteiger partial charge in [0.05, 0.1) is 4.90 Å². The zero-order valence-corrected chi connectivity index (χ0v) is 16.3. The van der Waals surface area contributed by atoms with E-state index in [1.54, 1.807) is 31.2 Å². The molecule has 150 valence electrons. The molecule has 8 heteroatoms. The van der Waals surface area contributed by atoms with Crippen LogP contribution in [0.15, 0.2) is 83.8 Å². The van der Waals surface area contributed by atoms with Crippen molar-refractivity contribution in [1.29, 1.82) is 0 Å². The summed E-state index contributed by atoms with van der Waals surface area (Å²) in [5, 5.41) is 2.68. The first-order valence-electron chi connectivity index (χ1n) is 8.74. The molecule has 0 aromatic heterocycles. The standard InChI is InChI=1S/C21H19FN2O4S/c1-15(28-19-5-3-2-4-6-19)21(25)23-17-11-13-20(14-12-17)29(26,27)24-18-9-7-16(22)8-10-18/h2-15,24H,1H3,(H,23,25). The molecule has 3 rings (SSSR count). The Hall–Kier alpha value is -3.39. The van der Waals surface area contributed by atoms with Gasteiger partial charge in [-0.2, -0.15) is 0 Å². The fourth-order valence-electron chi connectivity index (χ4n) is 2.45. The summed E-state index contributed by atoms with van der Waals surface area (Å²) >= 11 is 0. The van der Waals surface area contributed by atoms with Gasteiger partial charge in [0.1, 0.15) is 11.6 Å². The lowest BCUT2D eigenvalue weighted by Crippen LogP contribution is -2.30. The minimum absolute atomic E-state index is 0.00779. The molecule has 1 unspecified atom stereocenters. The first kappa shape index (κ1) is 20.3. The molecular weight excluding hydrogens is 395 g/mol. The molecule has 0 fully saturated rings. The van der Waals surface area contributed by atoms with Crippen molar-refractivity contribution < 1.29 is 22.3 Å². The molecule has 0 saturated carbocycles. The van der Waals surface area contributed by atoms with Gasteiger partial charge in [-0.15, -0.1) is 0 Å². The van der Waals surface area contributed by atoms with Crippen molar-refractivity contribution in [3.8, 4) is 5.75 Å². The first-order valence-corrected chi connectivity index (χ1v) is 10.2. The second-order valence-corrected chi connectivity index (χ2v) is 7.88. The summed E-state index contributed by atoms with van der Waals surface area (Å²) in [5.74, 6) is -0.254. The SMILES string of the molecule is CC(Oc1ccccc1)C(=O)Nc1ccc(S(=O)(=O)Nc2ccc(F)cc2)cc1. The predicted octanol–water partition coefficient (Wildman–Crippen LogP) is 4.03. The normalized spacial score (nSPS) is 12.1. The second kappa shape index (κ2) is 8.74. The number of carbonyl (C=O) groups is 1. The molecule has 3 aromatic rings. The number of halogens is 1. The maximum atomic E-state index is 12.9. The minimum atomic E-state index is -3.84. The highest BCUT2D eigenvalue weighted by Gasteiger charge is 2.17. The summed E-state index contributed by atoms with van der Waals surface area (Å²) in [6.07, 6.45) is -0.735. The molecule has 0 heterocycles. The van der Waals surface area contributed by atoms with E-state index in [1.807, 2.05) is 6.07 Å². The Morgan fingerprint density at radius 3 is 2.10 bits per heavy atom. The monoisotopic (exact) mass is 414 g/mol. The Kier molecular flexibility index (Phi) is 6.13. The predicted molar refractivity (Wildman–Crippen MR) is 109 cm³/mol. The van der Waals surface area contributed by atoms with Crippen LogP contribution in [0.4, 0.5) is 15.8 Å². The molecular formula is C21H19FN2O4S. The van der Waals surface area contributed by atoms with Crippen molar-refractivity contribution in [2.75, 3.05) is 10.0 Å². The van der Waals surface area contributed by atoms with E-state index in [4.69, 9.17) is 4.74 Å². The van der Waals surface area contributed by atoms with Crippen LogP contribution in [0.25, 0.3) is 0 Å². The number of benzene rings is 3. The van der Waals surface area contributed by atoms with Crippen LogP contribution >= 0.6 is 0 Å². The van der Waals surface area contributed by atoms with Crippen LogP contribution in [-0.2, 0) is 14.8 Å². The molecule has 1 atom stereocenters. The van der Waals surface area contributed by atoms with E-state index in [0.29, 0.717) is 11.4 Å². The summed E-state index contributed by atoms with van der Waals surface area (Å²) in [5.41, 5.74) is 0.676. The first-order chi connectivity index (χ1) is 13.8.